The summed E-state index contributed by atoms with van der Waals surface area (Å²) in [6, 6.07) is 0. The molecule has 0 aromatic heterocycles. The molecule has 0 bridgehead atoms. The van der Waals surface area contributed by atoms with Crippen LogP contribution in [0.3, 0.4) is 0 Å². The molecule has 2 rings (SSSR count). The van der Waals surface area contributed by atoms with E-state index in [4.69, 9.17) is 8.85 Å². The SMILES string of the molecule is CO[Si](OC)(C1CC1)C1(C)CCCC1. The van der Waals surface area contributed by atoms with E-state index in [1.807, 2.05) is 14.2 Å². The van der Waals surface area contributed by atoms with E-state index in [-0.39, 0.29) is 0 Å². The molecule has 0 unspecified atom stereocenters. The molecule has 0 amide bonds. The highest BCUT2D eigenvalue weighted by Crippen LogP contribution is 2.62. The van der Waals surface area contributed by atoms with Crippen LogP contribution < -0.4 is 0 Å². The van der Waals surface area contributed by atoms with Gasteiger partial charge in [-0.1, -0.05) is 19.8 Å². The lowest BCUT2D eigenvalue weighted by molar-refractivity contribution is 0.203. The highest BCUT2D eigenvalue weighted by Gasteiger charge is 2.62. The Labute approximate surface area is 88.2 Å². The van der Waals surface area contributed by atoms with Crippen LogP contribution in [-0.4, -0.2) is 22.8 Å². The van der Waals surface area contributed by atoms with Crippen LogP contribution in [0, 0.1) is 0 Å². The summed E-state index contributed by atoms with van der Waals surface area (Å²) < 4.78 is 11.8. The maximum Gasteiger partial charge on any atom is 0.346 e. The molecule has 0 aromatic rings. The standard InChI is InChI=1S/C11H22O2Si/c1-11(8-4-5-9-11)14(12-2,13-3)10-6-7-10/h10H,4-9H2,1-3H3. The molecule has 14 heavy (non-hydrogen) atoms. The predicted octanol–water partition coefficient (Wildman–Crippen LogP) is 3.22. The van der Waals surface area contributed by atoms with Crippen LogP contribution in [-0.2, 0) is 8.85 Å². The van der Waals surface area contributed by atoms with Gasteiger partial charge in [-0.05, 0) is 25.7 Å². The molecule has 0 heterocycles. The monoisotopic (exact) mass is 214 g/mol. The van der Waals surface area contributed by atoms with Crippen molar-refractivity contribution in [2.24, 2.45) is 0 Å². The van der Waals surface area contributed by atoms with E-state index in [0.717, 1.165) is 5.54 Å². The van der Waals surface area contributed by atoms with E-state index < -0.39 is 8.56 Å². The second-order valence-electron chi connectivity index (χ2n) is 5.12. The molecular formula is C11H22O2Si. The lowest BCUT2D eigenvalue weighted by Crippen LogP contribution is -2.50. The summed E-state index contributed by atoms with van der Waals surface area (Å²) >= 11 is 0. The van der Waals surface area contributed by atoms with Gasteiger partial charge in [-0.15, -0.1) is 0 Å². The summed E-state index contributed by atoms with van der Waals surface area (Å²) in [6.45, 7) is 2.40. The average molecular weight is 214 g/mol. The van der Waals surface area contributed by atoms with E-state index in [2.05, 4.69) is 6.92 Å². The number of hydrogen-bond donors (Lipinski definition) is 0. The normalized spacial score (nSPS) is 26.8. The fourth-order valence-corrected chi connectivity index (χ4v) is 8.15. The average Bonchev–Trinajstić information content (AvgIpc) is 2.93. The zero-order valence-electron chi connectivity index (χ0n) is 9.64. The molecule has 2 saturated carbocycles. The number of hydrogen-bond acceptors (Lipinski definition) is 2. The Morgan fingerprint density at radius 3 is 1.93 bits per heavy atom. The Kier molecular flexibility index (Phi) is 2.75. The Hall–Kier alpha value is 0.137. The highest BCUT2D eigenvalue weighted by molar-refractivity contribution is 6.73. The van der Waals surface area contributed by atoms with Crippen LogP contribution in [0.15, 0.2) is 0 Å². The van der Waals surface area contributed by atoms with E-state index in [0.29, 0.717) is 5.04 Å². The van der Waals surface area contributed by atoms with Gasteiger partial charge >= 0.3 is 8.56 Å². The third kappa shape index (κ3) is 1.37. The molecule has 2 fully saturated rings. The van der Waals surface area contributed by atoms with Gasteiger partial charge in [0.2, 0.25) is 0 Å². The summed E-state index contributed by atoms with van der Waals surface area (Å²) in [5.74, 6) is 0. The first-order valence-electron chi connectivity index (χ1n) is 5.79. The zero-order valence-corrected chi connectivity index (χ0v) is 10.6. The van der Waals surface area contributed by atoms with Gasteiger partial charge < -0.3 is 8.85 Å². The summed E-state index contributed by atoms with van der Waals surface area (Å²) in [5, 5.41) is 0.387. The van der Waals surface area contributed by atoms with E-state index in [1.165, 1.54) is 38.5 Å². The second kappa shape index (κ2) is 3.61. The van der Waals surface area contributed by atoms with Crippen LogP contribution in [0.25, 0.3) is 0 Å². The molecule has 0 aromatic carbocycles. The Balaban J connectivity index is 2.23. The largest absolute Gasteiger partial charge is 0.397 e. The van der Waals surface area contributed by atoms with Crippen molar-refractivity contribution in [3.8, 4) is 0 Å². The van der Waals surface area contributed by atoms with Crippen molar-refractivity contribution in [2.45, 2.75) is 56.0 Å². The van der Waals surface area contributed by atoms with Gasteiger partial charge in [0.1, 0.15) is 0 Å². The molecular weight excluding hydrogens is 192 g/mol. The fourth-order valence-electron chi connectivity index (χ4n) is 3.37. The van der Waals surface area contributed by atoms with Crippen molar-refractivity contribution in [3.05, 3.63) is 0 Å². The van der Waals surface area contributed by atoms with Gasteiger partial charge in [0.05, 0.1) is 0 Å². The summed E-state index contributed by atoms with van der Waals surface area (Å²) in [4.78, 5) is 0. The lowest BCUT2D eigenvalue weighted by Gasteiger charge is -2.41. The topological polar surface area (TPSA) is 18.5 Å². The Morgan fingerprint density at radius 1 is 1.07 bits per heavy atom. The highest BCUT2D eigenvalue weighted by atomic mass is 28.4. The zero-order chi connectivity index (χ0) is 10.2. The van der Waals surface area contributed by atoms with Gasteiger partial charge in [0, 0.05) is 24.8 Å². The van der Waals surface area contributed by atoms with Crippen LogP contribution in [0.1, 0.15) is 45.4 Å². The van der Waals surface area contributed by atoms with Crippen molar-refractivity contribution in [3.63, 3.8) is 0 Å². The first-order valence-corrected chi connectivity index (χ1v) is 7.68. The smallest absolute Gasteiger partial charge is 0.346 e. The second-order valence-corrected chi connectivity index (χ2v) is 9.29. The van der Waals surface area contributed by atoms with Crippen molar-refractivity contribution in [1.29, 1.82) is 0 Å². The molecule has 0 spiro atoms. The van der Waals surface area contributed by atoms with Crippen molar-refractivity contribution >= 4 is 8.56 Å². The fraction of sp³-hybridized carbons (Fsp3) is 1.00. The lowest BCUT2D eigenvalue weighted by atomic mass is 10.1. The first-order chi connectivity index (χ1) is 6.68. The van der Waals surface area contributed by atoms with Crippen LogP contribution >= 0.6 is 0 Å². The van der Waals surface area contributed by atoms with Crippen LogP contribution in [0.5, 0.6) is 0 Å². The molecule has 0 N–H and O–H groups in total. The van der Waals surface area contributed by atoms with Gasteiger partial charge in [-0.2, -0.15) is 0 Å². The summed E-state index contributed by atoms with van der Waals surface area (Å²) in [5.41, 5.74) is 0.778. The van der Waals surface area contributed by atoms with E-state index in [9.17, 15) is 0 Å². The molecule has 0 radical (unpaired) electrons. The first kappa shape index (κ1) is 10.6. The van der Waals surface area contributed by atoms with Gasteiger partial charge in [-0.25, -0.2) is 0 Å². The molecule has 0 aliphatic heterocycles. The minimum absolute atomic E-state index is 0.387. The molecule has 0 atom stereocenters. The quantitative estimate of drug-likeness (QED) is 0.669. The summed E-state index contributed by atoms with van der Waals surface area (Å²) in [7, 11) is 1.84. The third-order valence-corrected chi connectivity index (χ3v) is 9.32. The van der Waals surface area contributed by atoms with Crippen molar-refractivity contribution < 1.29 is 8.85 Å². The van der Waals surface area contributed by atoms with Crippen LogP contribution in [0.2, 0.25) is 10.6 Å². The predicted molar refractivity (Wildman–Crippen MR) is 59.6 cm³/mol. The third-order valence-electron chi connectivity index (χ3n) is 4.27. The van der Waals surface area contributed by atoms with Gasteiger partial charge in [0.15, 0.2) is 0 Å². The Morgan fingerprint density at radius 2 is 1.57 bits per heavy atom. The van der Waals surface area contributed by atoms with E-state index >= 15 is 0 Å². The van der Waals surface area contributed by atoms with Crippen molar-refractivity contribution in [2.75, 3.05) is 14.2 Å². The molecule has 3 heteroatoms. The molecule has 2 aliphatic carbocycles. The Bertz CT molecular complexity index is 203. The van der Waals surface area contributed by atoms with Gasteiger partial charge in [0.25, 0.3) is 0 Å². The molecule has 2 aliphatic rings. The molecule has 2 nitrogen and oxygen atoms in total. The minimum atomic E-state index is -1.90. The minimum Gasteiger partial charge on any atom is -0.397 e. The maximum absolute atomic E-state index is 5.91. The molecule has 82 valence electrons. The van der Waals surface area contributed by atoms with E-state index in [1.54, 1.807) is 0 Å². The number of rotatable bonds is 4. The van der Waals surface area contributed by atoms with Crippen molar-refractivity contribution in [1.82, 2.24) is 0 Å². The summed E-state index contributed by atoms with van der Waals surface area (Å²) in [6.07, 6.45) is 8.04. The maximum atomic E-state index is 5.91. The molecule has 0 saturated heterocycles. The van der Waals surface area contributed by atoms with Crippen LogP contribution in [0.4, 0.5) is 0 Å². The van der Waals surface area contributed by atoms with Gasteiger partial charge in [-0.3, -0.25) is 0 Å².